The van der Waals surface area contributed by atoms with Gasteiger partial charge in [-0.1, -0.05) is 42.5 Å². The van der Waals surface area contributed by atoms with Crippen molar-refractivity contribution in [2.45, 2.75) is 13.0 Å². The van der Waals surface area contributed by atoms with E-state index in [1.165, 1.54) is 13.2 Å². The molecule has 3 aromatic carbocycles. The highest BCUT2D eigenvalue weighted by Gasteiger charge is 2.25. The van der Waals surface area contributed by atoms with Crippen molar-refractivity contribution < 1.29 is 23.4 Å². The smallest absolute Gasteiger partial charge is 0.351 e. The molecule has 0 saturated heterocycles. The number of esters is 1. The molecular weight excluding hydrogens is 408 g/mol. The lowest BCUT2D eigenvalue weighted by Crippen LogP contribution is -2.20. The summed E-state index contributed by atoms with van der Waals surface area (Å²) in [6.07, 6.45) is -0.950. The Morgan fingerprint density at radius 3 is 2.31 bits per heavy atom. The second-order valence-corrected chi connectivity index (χ2v) is 7.20. The van der Waals surface area contributed by atoms with Crippen molar-refractivity contribution in [1.29, 1.82) is 0 Å². The Bertz CT molecular complexity index is 1310. The number of hydrogen-bond donors (Lipinski definition) is 0. The van der Waals surface area contributed by atoms with Crippen LogP contribution < -0.4 is 15.1 Å². The molecule has 0 unspecified atom stereocenters. The Morgan fingerprint density at radius 1 is 0.938 bits per heavy atom. The van der Waals surface area contributed by atoms with E-state index in [1.807, 2.05) is 48.5 Å². The van der Waals surface area contributed by atoms with Crippen LogP contribution in [0.15, 0.2) is 82.0 Å². The van der Waals surface area contributed by atoms with Crippen molar-refractivity contribution >= 4 is 16.9 Å². The molecule has 6 nitrogen and oxygen atoms in total. The van der Waals surface area contributed by atoms with Crippen molar-refractivity contribution in [3.8, 4) is 22.6 Å². The molecule has 1 aromatic heterocycles. The lowest BCUT2D eigenvalue weighted by Gasteiger charge is -2.19. The van der Waals surface area contributed by atoms with E-state index >= 15 is 0 Å². The van der Waals surface area contributed by atoms with Crippen LogP contribution in [0.2, 0.25) is 0 Å². The highest BCUT2D eigenvalue weighted by Crippen LogP contribution is 2.35. The molecule has 0 amide bonds. The third kappa shape index (κ3) is 4.07. The standard InChI is InChI=1S/C26H22O6/c1-16-22(31-25(26(28)30-3)18-7-5-4-6-8-18)14-13-20-21(15-23(27)32-24(16)20)17-9-11-19(29-2)12-10-17/h4-15,25H,1-3H3/t25-/m0/s1. The highest BCUT2D eigenvalue weighted by atomic mass is 16.6. The summed E-state index contributed by atoms with van der Waals surface area (Å²) >= 11 is 0. The van der Waals surface area contributed by atoms with Gasteiger partial charge in [0.1, 0.15) is 17.1 Å². The maximum Gasteiger partial charge on any atom is 0.351 e. The zero-order chi connectivity index (χ0) is 22.7. The van der Waals surface area contributed by atoms with Crippen LogP contribution in [0.5, 0.6) is 11.5 Å². The van der Waals surface area contributed by atoms with Crippen LogP contribution in [0, 0.1) is 6.92 Å². The zero-order valence-electron chi connectivity index (χ0n) is 18.0. The molecular formula is C26H22O6. The maximum absolute atomic E-state index is 12.4. The molecule has 0 aliphatic rings. The Hall–Kier alpha value is -4.06. The first-order valence-electron chi connectivity index (χ1n) is 10.0. The van der Waals surface area contributed by atoms with Gasteiger partial charge in [-0.25, -0.2) is 9.59 Å². The maximum atomic E-state index is 12.4. The molecule has 0 radical (unpaired) electrons. The molecule has 0 fully saturated rings. The van der Waals surface area contributed by atoms with Gasteiger partial charge in [0.15, 0.2) is 0 Å². The predicted octanol–water partition coefficient (Wildman–Crippen LogP) is 5.07. The van der Waals surface area contributed by atoms with E-state index in [-0.39, 0.29) is 0 Å². The van der Waals surface area contributed by atoms with Crippen molar-refractivity contribution in [1.82, 2.24) is 0 Å². The number of methoxy groups -OCH3 is 2. The van der Waals surface area contributed by atoms with Crippen molar-refractivity contribution in [2.24, 2.45) is 0 Å². The van der Waals surface area contributed by atoms with Crippen LogP contribution in [0.25, 0.3) is 22.1 Å². The second-order valence-electron chi connectivity index (χ2n) is 7.20. The minimum Gasteiger partial charge on any atom is -0.497 e. The molecule has 0 N–H and O–H groups in total. The van der Waals surface area contributed by atoms with E-state index in [1.54, 1.807) is 32.2 Å². The van der Waals surface area contributed by atoms with Crippen LogP contribution in [-0.2, 0) is 9.53 Å². The zero-order valence-corrected chi connectivity index (χ0v) is 18.0. The fourth-order valence-corrected chi connectivity index (χ4v) is 3.59. The monoisotopic (exact) mass is 430 g/mol. The summed E-state index contributed by atoms with van der Waals surface area (Å²) in [6.45, 7) is 1.79. The lowest BCUT2D eigenvalue weighted by atomic mass is 10.00. The third-order valence-electron chi connectivity index (χ3n) is 5.27. The summed E-state index contributed by atoms with van der Waals surface area (Å²) in [7, 11) is 2.92. The quantitative estimate of drug-likeness (QED) is 0.314. The average Bonchev–Trinajstić information content (AvgIpc) is 2.83. The number of benzene rings is 3. The van der Waals surface area contributed by atoms with Gasteiger partial charge in [0.2, 0.25) is 6.10 Å². The van der Waals surface area contributed by atoms with Gasteiger partial charge < -0.3 is 18.6 Å². The lowest BCUT2D eigenvalue weighted by molar-refractivity contribution is -0.149. The van der Waals surface area contributed by atoms with E-state index in [9.17, 15) is 9.59 Å². The van der Waals surface area contributed by atoms with Crippen LogP contribution in [0.3, 0.4) is 0 Å². The topological polar surface area (TPSA) is 75.0 Å². The summed E-state index contributed by atoms with van der Waals surface area (Å²) in [5, 5.41) is 0.758. The minimum atomic E-state index is -0.950. The summed E-state index contributed by atoms with van der Waals surface area (Å²) < 4.78 is 21.7. The Balaban J connectivity index is 1.80. The van der Waals surface area contributed by atoms with E-state index in [4.69, 9.17) is 18.6 Å². The third-order valence-corrected chi connectivity index (χ3v) is 5.27. The molecule has 0 saturated carbocycles. The number of carbonyl (C=O) groups is 1. The van der Waals surface area contributed by atoms with Gasteiger partial charge >= 0.3 is 11.6 Å². The normalized spacial score (nSPS) is 11.7. The number of rotatable bonds is 6. The SMILES string of the molecule is COC(=O)[C@@H](Oc1ccc2c(-c3ccc(OC)cc3)cc(=O)oc2c1C)c1ccccc1. The van der Waals surface area contributed by atoms with E-state index < -0.39 is 17.7 Å². The number of ether oxygens (including phenoxy) is 3. The van der Waals surface area contributed by atoms with Crippen LogP contribution >= 0.6 is 0 Å². The van der Waals surface area contributed by atoms with Crippen molar-refractivity contribution in [3.05, 3.63) is 94.3 Å². The average molecular weight is 430 g/mol. The number of hydrogen-bond acceptors (Lipinski definition) is 6. The summed E-state index contributed by atoms with van der Waals surface area (Å²) in [5.41, 5.74) is 2.79. The molecule has 0 spiro atoms. The molecule has 4 aromatic rings. The highest BCUT2D eigenvalue weighted by molar-refractivity contribution is 5.95. The number of fused-ring (bicyclic) bond motifs is 1. The molecule has 1 atom stereocenters. The van der Waals surface area contributed by atoms with Gasteiger partial charge in [-0.05, 0) is 42.3 Å². The molecule has 0 bridgehead atoms. The van der Waals surface area contributed by atoms with Gasteiger partial charge in [-0.2, -0.15) is 0 Å². The van der Waals surface area contributed by atoms with Gasteiger partial charge in [0, 0.05) is 22.6 Å². The predicted molar refractivity (Wildman–Crippen MR) is 121 cm³/mol. The molecule has 162 valence electrons. The van der Waals surface area contributed by atoms with E-state index in [0.717, 1.165) is 22.3 Å². The van der Waals surface area contributed by atoms with Crippen molar-refractivity contribution in [3.63, 3.8) is 0 Å². The van der Waals surface area contributed by atoms with Gasteiger partial charge in [-0.15, -0.1) is 0 Å². The molecule has 4 rings (SSSR count). The minimum absolute atomic E-state index is 0.400. The Kier molecular flexibility index (Phi) is 5.94. The van der Waals surface area contributed by atoms with Gasteiger partial charge in [0.25, 0.3) is 0 Å². The second kappa shape index (κ2) is 8.98. The fraction of sp³-hybridized carbons (Fsp3) is 0.154. The van der Waals surface area contributed by atoms with Crippen LogP contribution in [0.1, 0.15) is 17.2 Å². The van der Waals surface area contributed by atoms with Crippen LogP contribution in [0.4, 0.5) is 0 Å². The number of aryl methyl sites for hydroxylation is 1. The van der Waals surface area contributed by atoms with E-state index in [0.29, 0.717) is 22.5 Å². The first kappa shape index (κ1) is 21.2. The first-order chi connectivity index (χ1) is 15.5. The molecule has 6 heteroatoms. The molecule has 32 heavy (non-hydrogen) atoms. The largest absolute Gasteiger partial charge is 0.497 e. The molecule has 0 aliphatic carbocycles. The summed E-state index contributed by atoms with van der Waals surface area (Å²) in [6, 6.07) is 21.6. The first-order valence-corrected chi connectivity index (χ1v) is 10.0. The fourth-order valence-electron chi connectivity index (χ4n) is 3.59. The molecule has 0 aliphatic heterocycles. The Labute approximate surface area is 185 Å². The number of carbonyl (C=O) groups excluding carboxylic acids is 1. The summed E-state index contributed by atoms with van der Waals surface area (Å²) in [4.78, 5) is 24.8. The van der Waals surface area contributed by atoms with Gasteiger partial charge in [0.05, 0.1) is 14.2 Å². The van der Waals surface area contributed by atoms with E-state index in [2.05, 4.69) is 0 Å². The van der Waals surface area contributed by atoms with Gasteiger partial charge in [-0.3, -0.25) is 0 Å². The van der Waals surface area contributed by atoms with Crippen LogP contribution in [-0.4, -0.2) is 20.2 Å². The van der Waals surface area contributed by atoms with Crippen molar-refractivity contribution in [2.75, 3.05) is 14.2 Å². The Morgan fingerprint density at radius 2 is 1.66 bits per heavy atom. The summed E-state index contributed by atoms with van der Waals surface area (Å²) in [5.74, 6) is 0.624. The molecule has 1 heterocycles.